The zero-order valence-electron chi connectivity index (χ0n) is 14.8. The summed E-state index contributed by atoms with van der Waals surface area (Å²) in [5.74, 6) is 0. The van der Waals surface area contributed by atoms with Crippen molar-refractivity contribution >= 4 is 44.8 Å². The Morgan fingerprint density at radius 2 is 1.89 bits per heavy atom. The number of pyridine rings is 1. The Labute approximate surface area is 167 Å². The fourth-order valence-corrected chi connectivity index (χ4v) is 4.74. The summed E-state index contributed by atoms with van der Waals surface area (Å²) in [7, 11) is -3.76. The second-order valence-corrected chi connectivity index (χ2v) is 8.24. The standard InChI is InChI=1S/C17H17ClN4O2S.CH2O2/c18-13-3-1-4-14(11-13)25(23,24)22-12-16(21-9-7-19-8-10-21)17-15(22)5-2-6-20-17;2-1-3/h1-6,11-12,19H,7-10H2;1H,(H,2,3). The molecule has 1 saturated heterocycles. The van der Waals surface area contributed by atoms with Gasteiger partial charge in [-0.2, -0.15) is 0 Å². The molecule has 1 aromatic carbocycles. The Bertz CT molecular complexity index is 1080. The van der Waals surface area contributed by atoms with E-state index in [2.05, 4.69) is 15.2 Å². The summed E-state index contributed by atoms with van der Waals surface area (Å²) in [6.45, 7) is 3.10. The van der Waals surface area contributed by atoms with Crippen molar-refractivity contribution in [2.75, 3.05) is 31.1 Å². The summed E-state index contributed by atoms with van der Waals surface area (Å²) in [5, 5.41) is 10.6. The highest BCUT2D eigenvalue weighted by Crippen LogP contribution is 2.31. The molecule has 8 nitrogen and oxygen atoms in total. The summed E-state index contributed by atoms with van der Waals surface area (Å²) in [6.07, 6.45) is 3.35. The molecule has 1 aliphatic rings. The second kappa shape index (κ2) is 8.59. The van der Waals surface area contributed by atoms with E-state index < -0.39 is 10.0 Å². The van der Waals surface area contributed by atoms with E-state index in [1.165, 1.54) is 10.0 Å². The molecule has 0 bridgehead atoms. The Kier molecular flexibility index (Phi) is 6.18. The van der Waals surface area contributed by atoms with Crippen LogP contribution >= 0.6 is 11.6 Å². The van der Waals surface area contributed by atoms with Crippen molar-refractivity contribution in [3.63, 3.8) is 0 Å². The van der Waals surface area contributed by atoms with E-state index >= 15 is 0 Å². The van der Waals surface area contributed by atoms with Crippen LogP contribution in [0.4, 0.5) is 5.69 Å². The van der Waals surface area contributed by atoms with Crippen molar-refractivity contribution < 1.29 is 18.3 Å². The van der Waals surface area contributed by atoms with Crippen LogP contribution < -0.4 is 10.2 Å². The minimum absolute atomic E-state index is 0.160. The van der Waals surface area contributed by atoms with Crippen LogP contribution in [0.3, 0.4) is 0 Å². The van der Waals surface area contributed by atoms with Crippen molar-refractivity contribution in [3.05, 3.63) is 53.8 Å². The van der Waals surface area contributed by atoms with Gasteiger partial charge in [-0.3, -0.25) is 9.78 Å². The van der Waals surface area contributed by atoms with Crippen molar-refractivity contribution in [2.45, 2.75) is 4.90 Å². The predicted octanol–water partition coefficient (Wildman–Crippen LogP) is 2.04. The zero-order chi connectivity index (χ0) is 20.1. The quantitative estimate of drug-likeness (QED) is 0.622. The summed E-state index contributed by atoms with van der Waals surface area (Å²) in [4.78, 5) is 15.1. The van der Waals surface area contributed by atoms with Gasteiger partial charge >= 0.3 is 0 Å². The van der Waals surface area contributed by atoms with Gasteiger partial charge in [0.25, 0.3) is 16.5 Å². The number of hydrogen-bond donors (Lipinski definition) is 2. The predicted molar refractivity (Wildman–Crippen MR) is 108 cm³/mol. The van der Waals surface area contributed by atoms with Crippen LogP contribution in [0.1, 0.15) is 0 Å². The first kappa shape index (κ1) is 20.1. The number of anilines is 1. The Balaban J connectivity index is 0.000000706. The number of carbonyl (C=O) groups is 1. The summed E-state index contributed by atoms with van der Waals surface area (Å²) < 4.78 is 27.6. The van der Waals surface area contributed by atoms with Gasteiger partial charge < -0.3 is 15.3 Å². The Morgan fingerprint density at radius 1 is 1.18 bits per heavy atom. The number of piperazine rings is 1. The second-order valence-electron chi connectivity index (χ2n) is 5.99. The first-order chi connectivity index (χ1) is 13.5. The van der Waals surface area contributed by atoms with Gasteiger partial charge in [-0.05, 0) is 30.3 Å². The number of carboxylic acid groups (broad SMARTS) is 1. The van der Waals surface area contributed by atoms with Crippen molar-refractivity contribution in [1.82, 2.24) is 14.3 Å². The highest BCUT2D eigenvalue weighted by molar-refractivity contribution is 7.90. The van der Waals surface area contributed by atoms with Crippen LogP contribution in [0.25, 0.3) is 11.0 Å². The van der Waals surface area contributed by atoms with Crippen LogP contribution in [-0.4, -0.2) is 55.1 Å². The molecule has 1 aliphatic heterocycles. The average molecular weight is 423 g/mol. The van der Waals surface area contributed by atoms with Gasteiger partial charge in [-0.1, -0.05) is 17.7 Å². The maximum atomic E-state index is 13.1. The monoisotopic (exact) mass is 422 g/mol. The van der Waals surface area contributed by atoms with Gasteiger partial charge in [0.1, 0.15) is 5.52 Å². The molecule has 3 aromatic rings. The fraction of sp³-hybridized carbons (Fsp3) is 0.222. The Hall–Kier alpha value is -2.62. The normalized spacial score (nSPS) is 14.4. The molecule has 1 fully saturated rings. The lowest BCUT2D eigenvalue weighted by molar-refractivity contribution is -0.122. The lowest BCUT2D eigenvalue weighted by atomic mass is 10.3. The molecule has 0 radical (unpaired) electrons. The first-order valence-corrected chi connectivity index (χ1v) is 10.3. The zero-order valence-corrected chi connectivity index (χ0v) is 16.4. The van der Waals surface area contributed by atoms with E-state index in [0.717, 1.165) is 31.9 Å². The molecular weight excluding hydrogens is 404 g/mol. The van der Waals surface area contributed by atoms with E-state index in [1.54, 1.807) is 42.7 Å². The first-order valence-electron chi connectivity index (χ1n) is 8.50. The molecular formula is C18H19ClN4O4S. The van der Waals surface area contributed by atoms with E-state index in [-0.39, 0.29) is 11.4 Å². The summed E-state index contributed by atoms with van der Waals surface area (Å²) in [5.41, 5.74) is 2.09. The molecule has 4 rings (SSSR count). The number of rotatable bonds is 3. The van der Waals surface area contributed by atoms with Crippen LogP contribution in [0, 0.1) is 0 Å². The van der Waals surface area contributed by atoms with Gasteiger partial charge in [0.2, 0.25) is 0 Å². The molecule has 0 atom stereocenters. The smallest absolute Gasteiger partial charge is 0.290 e. The molecule has 3 heterocycles. The SMILES string of the molecule is O=CO.O=S(=O)(c1cccc(Cl)c1)n1cc(N2CCNCC2)c2ncccc21. The van der Waals surface area contributed by atoms with Crippen LogP contribution in [0.5, 0.6) is 0 Å². The molecule has 0 unspecified atom stereocenters. The van der Waals surface area contributed by atoms with Gasteiger partial charge in [0, 0.05) is 43.6 Å². The third kappa shape index (κ3) is 3.96. The molecule has 148 valence electrons. The van der Waals surface area contributed by atoms with Crippen LogP contribution in [-0.2, 0) is 14.8 Å². The number of aromatic nitrogens is 2. The third-order valence-corrected chi connectivity index (χ3v) is 6.22. The maximum absolute atomic E-state index is 13.1. The van der Waals surface area contributed by atoms with Crippen molar-refractivity contribution in [3.8, 4) is 0 Å². The number of nitrogens with zero attached hydrogens (tertiary/aromatic N) is 3. The van der Waals surface area contributed by atoms with Crippen molar-refractivity contribution in [2.24, 2.45) is 0 Å². The molecule has 0 spiro atoms. The number of benzene rings is 1. The summed E-state index contributed by atoms with van der Waals surface area (Å²) >= 11 is 5.98. The highest BCUT2D eigenvalue weighted by atomic mass is 35.5. The van der Waals surface area contributed by atoms with Gasteiger partial charge in [-0.25, -0.2) is 12.4 Å². The molecule has 2 aromatic heterocycles. The van der Waals surface area contributed by atoms with Crippen LogP contribution in [0.2, 0.25) is 5.02 Å². The number of halogens is 1. The minimum atomic E-state index is -3.76. The highest BCUT2D eigenvalue weighted by Gasteiger charge is 2.24. The molecule has 0 amide bonds. The molecule has 0 aliphatic carbocycles. The van der Waals surface area contributed by atoms with Crippen LogP contribution in [0.15, 0.2) is 53.7 Å². The van der Waals surface area contributed by atoms with E-state index in [0.29, 0.717) is 16.1 Å². The summed E-state index contributed by atoms with van der Waals surface area (Å²) in [6, 6.07) is 9.82. The lowest BCUT2D eigenvalue weighted by Crippen LogP contribution is -2.43. The molecule has 28 heavy (non-hydrogen) atoms. The number of nitrogens with one attached hydrogen (secondary N) is 1. The third-order valence-electron chi connectivity index (χ3n) is 4.32. The van der Waals surface area contributed by atoms with Gasteiger partial charge in [0.15, 0.2) is 0 Å². The van der Waals surface area contributed by atoms with E-state index in [9.17, 15) is 8.42 Å². The van der Waals surface area contributed by atoms with Gasteiger partial charge in [0.05, 0.1) is 16.1 Å². The lowest BCUT2D eigenvalue weighted by Gasteiger charge is -2.28. The van der Waals surface area contributed by atoms with E-state index in [1.807, 2.05) is 0 Å². The maximum Gasteiger partial charge on any atom is 0.290 e. The van der Waals surface area contributed by atoms with Gasteiger partial charge in [-0.15, -0.1) is 0 Å². The minimum Gasteiger partial charge on any atom is -0.483 e. The van der Waals surface area contributed by atoms with E-state index in [4.69, 9.17) is 21.5 Å². The molecule has 2 N–H and O–H groups in total. The number of hydrogen-bond acceptors (Lipinski definition) is 6. The van der Waals surface area contributed by atoms with Crippen molar-refractivity contribution in [1.29, 1.82) is 0 Å². The fourth-order valence-electron chi connectivity index (χ4n) is 3.09. The largest absolute Gasteiger partial charge is 0.483 e. The number of fused-ring (bicyclic) bond motifs is 1. The Morgan fingerprint density at radius 3 is 2.57 bits per heavy atom. The molecule has 10 heteroatoms. The molecule has 0 saturated carbocycles. The average Bonchev–Trinajstić information content (AvgIpc) is 3.10. The topological polar surface area (TPSA) is 105 Å².